The fourth-order valence-corrected chi connectivity index (χ4v) is 2.85. The molecule has 2 rings (SSSR count). The van der Waals surface area contributed by atoms with Crippen molar-refractivity contribution < 1.29 is 4.79 Å². The van der Waals surface area contributed by atoms with E-state index in [2.05, 4.69) is 12.2 Å². The van der Waals surface area contributed by atoms with Gasteiger partial charge in [0.1, 0.15) is 0 Å². The Morgan fingerprint density at radius 1 is 1.50 bits per heavy atom. The number of piperidine rings is 1. The van der Waals surface area contributed by atoms with Crippen LogP contribution in [-0.2, 0) is 0 Å². The minimum absolute atomic E-state index is 0.125. The van der Waals surface area contributed by atoms with Gasteiger partial charge in [-0.15, -0.1) is 0 Å². The fraction of sp³-hybridized carbons (Fsp3) is 0.562. The van der Waals surface area contributed by atoms with Crippen molar-refractivity contribution in [3.63, 3.8) is 0 Å². The van der Waals surface area contributed by atoms with Crippen molar-refractivity contribution in [3.05, 3.63) is 34.3 Å². The lowest BCUT2D eigenvalue weighted by atomic mass is 10.0. The molecule has 0 aromatic heterocycles. The first kappa shape index (κ1) is 15.3. The van der Waals surface area contributed by atoms with E-state index in [0.29, 0.717) is 11.1 Å². The van der Waals surface area contributed by atoms with Crippen LogP contribution in [0.5, 0.6) is 0 Å². The zero-order valence-electron chi connectivity index (χ0n) is 12.3. The molecule has 1 unspecified atom stereocenters. The van der Waals surface area contributed by atoms with Crippen molar-refractivity contribution >= 4 is 17.5 Å². The number of carbonyl (C=O) groups is 1. The first-order chi connectivity index (χ1) is 9.63. The molecule has 20 heavy (non-hydrogen) atoms. The van der Waals surface area contributed by atoms with Crippen molar-refractivity contribution in [2.75, 3.05) is 19.6 Å². The number of nitrogens with one attached hydrogen (secondary N) is 1. The molecule has 1 aliphatic heterocycles. The summed E-state index contributed by atoms with van der Waals surface area (Å²) in [5.74, 6) is 0.125. The quantitative estimate of drug-likeness (QED) is 0.924. The maximum Gasteiger partial charge on any atom is 0.254 e. The molecule has 1 amide bonds. The number of carbonyl (C=O) groups excluding carboxylic acids is 1. The molecule has 1 aromatic rings. The van der Waals surface area contributed by atoms with Gasteiger partial charge in [-0.1, -0.05) is 18.5 Å². The van der Waals surface area contributed by atoms with E-state index >= 15 is 0 Å². The van der Waals surface area contributed by atoms with Gasteiger partial charge in [0.15, 0.2) is 0 Å². The minimum atomic E-state index is 0.125. The summed E-state index contributed by atoms with van der Waals surface area (Å²) in [5, 5.41) is 4.10. The second-order valence-electron chi connectivity index (χ2n) is 5.46. The van der Waals surface area contributed by atoms with Crippen molar-refractivity contribution in [3.8, 4) is 0 Å². The number of amides is 1. The van der Waals surface area contributed by atoms with Crippen LogP contribution in [0.15, 0.2) is 18.2 Å². The van der Waals surface area contributed by atoms with Crippen LogP contribution in [0.2, 0.25) is 5.02 Å². The smallest absolute Gasteiger partial charge is 0.254 e. The SMILES string of the molecule is CCCN(C(=O)c1ccc(Cl)c(C)c1)C1CCCNC1. The number of hydrogen-bond donors (Lipinski definition) is 1. The summed E-state index contributed by atoms with van der Waals surface area (Å²) in [6.45, 7) is 6.82. The Bertz CT molecular complexity index is 470. The van der Waals surface area contributed by atoms with Gasteiger partial charge in [-0.25, -0.2) is 0 Å². The largest absolute Gasteiger partial charge is 0.334 e. The van der Waals surface area contributed by atoms with Crippen LogP contribution < -0.4 is 5.32 Å². The van der Waals surface area contributed by atoms with E-state index in [1.807, 2.05) is 30.0 Å². The topological polar surface area (TPSA) is 32.3 Å². The first-order valence-corrected chi connectivity index (χ1v) is 7.79. The molecule has 0 spiro atoms. The van der Waals surface area contributed by atoms with Gasteiger partial charge in [-0.3, -0.25) is 4.79 Å². The molecule has 1 fully saturated rings. The van der Waals surface area contributed by atoms with Crippen LogP contribution in [0.25, 0.3) is 0 Å². The van der Waals surface area contributed by atoms with Gasteiger partial charge < -0.3 is 10.2 Å². The minimum Gasteiger partial charge on any atom is -0.334 e. The maximum absolute atomic E-state index is 12.8. The Balaban J connectivity index is 2.18. The summed E-state index contributed by atoms with van der Waals surface area (Å²) in [4.78, 5) is 14.8. The molecule has 0 radical (unpaired) electrons. The number of hydrogen-bond acceptors (Lipinski definition) is 2. The normalized spacial score (nSPS) is 18.9. The van der Waals surface area contributed by atoms with Crippen molar-refractivity contribution in [1.82, 2.24) is 10.2 Å². The third kappa shape index (κ3) is 3.53. The van der Waals surface area contributed by atoms with Crippen LogP contribution in [0.3, 0.4) is 0 Å². The average molecular weight is 295 g/mol. The summed E-state index contributed by atoms with van der Waals surface area (Å²) >= 11 is 6.04. The van der Waals surface area contributed by atoms with E-state index in [4.69, 9.17) is 11.6 Å². The summed E-state index contributed by atoms with van der Waals surface area (Å²) in [6, 6.07) is 5.85. The van der Waals surface area contributed by atoms with Crippen molar-refractivity contribution in [2.24, 2.45) is 0 Å². The average Bonchev–Trinajstić information content (AvgIpc) is 2.48. The molecule has 1 aromatic carbocycles. The Morgan fingerprint density at radius 3 is 2.90 bits per heavy atom. The van der Waals surface area contributed by atoms with Crippen molar-refractivity contribution in [1.29, 1.82) is 0 Å². The van der Waals surface area contributed by atoms with Gasteiger partial charge in [0.05, 0.1) is 0 Å². The predicted octanol–water partition coefficient (Wildman–Crippen LogP) is 3.25. The second-order valence-corrected chi connectivity index (χ2v) is 5.87. The molecule has 1 atom stereocenters. The summed E-state index contributed by atoms with van der Waals surface area (Å²) in [5.41, 5.74) is 1.70. The number of benzene rings is 1. The Hall–Kier alpha value is -1.06. The van der Waals surface area contributed by atoms with Gasteiger partial charge in [0.2, 0.25) is 0 Å². The molecular weight excluding hydrogens is 272 g/mol. The summed E-state index contributed by atoms with van der Waals surface area (Å²) in [7, 11) is 0. The molecule has 0 aliphatic carbocycles. The highest BCUT2D eigenvalue weighted by Gasteiger charge is 2.25. The van der Waals surface area contributed by atoms with E-state index in [9.17, 15) is 4.79 Å². The van der Waals surface area contributed by atoms with Crippen molar-refractivity contribution in [2.45, 2.75) is 39.2 Å². The summed E-state index contributed by atoms with van der Waals surface area (Å²) in [6.07, 6.45) is 3.21. The second kappa shape index (κ2) is 7.09. The predicted molar refractivity (Wildman–Crippen MR) is 83.4 cm³/mol. The third-order valence-electron chi connectivity index (χ3n) is 3.84. The lowest BCUT2D eigenvalue weighted by Crippen LogP contribution is -2.49. The first-order valence-electron chi connectivity index (χ1n) is 7.41. The number of nitrogens with zero attached hydrogens (tertiary/aromatic N) is 1. The van der Waals surface area contributed by atoms with E-state index < -0.39 is 0 Å². The highest BCUT2D eigenvalue weighted by Crippen LogP contribution is 2.20. The van der Waals surface area contributed by atoms with Gasteiger partial charge in [0, 0.05) is 29.7 Å². The van der Waals surface area contributed by atoms with Crippen LogP contribution in [0, 0.1) is 6.92 Å². The van der Waals surface area contributed by atoms with E-state index in [-0.39, 0.29) is 5.91 Å². The standard InChI is InChI=1S/C16H23ClN2O/c1-3-9-19(14-5-4-8-18-11-14)16(20)13-6-7-15(17)12(2)10-13/h6-7,10,14,18H,3-5,8-9,11H2,1-2H3. The van der Waals surface area contributed by atoms with Crippen LogP contribution >= 0.6 is 11.6 Å². The monoisotopic (exact) mass is 294 g/mol. The lowest BCUT2D eigenvalue weighted by Gasteiger charge is -2.34. The lowest BCUT2D eigenvalue weighted by molar-refractivity contribution is 0.0649. The van der Waals surface area contributed by atoms with E-state index in [1.54, 1.807) is 0 Å². The third-order valence-corrected chi connectivity index (χ3v) is 4.27. The van der Waals surface area contributed by atoms with Gasteiger partial charge >= 0.3 is 0 Å². The molecule has 1 heterocycles. The highest BCUT2D eigenvalue weighted by molar-refractivity contribution is 6.31. The Labute approximate surface area is 126 Å². The maximum atomic E-state index is 12.8. The van der Waals surface area contributed by atoms with E-state index in [1.165, 1.54) is 0 Å². The molecule has 1 aliphatic rings. The van der Waals surface area contributed by atoms with Gasteiger partial charge in [0.25, 0.3) is 5.91 Å². The Kier molecular flexibility index (Phi) is 5.44. The van der Waals surface area contributed by atoms with Crippen LogP contribution in [0.4, 0.5) is 0 Å². The molecule has 3 nitrogen and oxygen atoms in total. The number of aryl methyl sites for hydroxylation is 1. The zero-order valence-corrected chi connectivity index (χ0v) is 13.0. The molecule has 4 heteroatoms. The molecule has 110 valence electrons. The van der Waals surface area contributed by atoms with Gasteiger partial charge in [-0.2, -0.15) is 0 Å². The number of halogens is 1. The zero-order chi connectivity index (χ0) is 14.5. The molecule has 1 N–H and O–H groups in total. The van der Waals surface area contributed by atoms with Crippen LogP contribution in [0.1, 0.15) is 42.1 Å². The molecule has 0 bridgehead atoms. The summed E-state index contributed by atoms with van der Waals surface area (Å²) < 4.78 is 0. The molecular formula is C16H23ClN2O. The fourth-order valence-electron chi connectivity index (χ4n) is 2.73. The van der Waals surface area contributed by atoms with Gasteiger partial charge in [-0.05, 0) is 56.5 Å². The molecule has 1 saturated heterocycles. The van der Waals surface area contributed by atoms with Crippen LogP contribution in [-0.4, -0.2) is 36.5 Å². The molecule has 0 saturated carbocycles. The highest BCUT2D eigenvalue weighted by atomic mass is 35.5. The number of rotatable bonds is 4. The van der Waals surface area contributed by atoms with E-state index in [0.717, 1.165) is 50.0 Å². The Morgan fingerprint density at radius 2 is 2.30 bits per heavy atom.